The van der Waals surface area contributed by atoms with Crippen molar-refractivity contribution in [1.29, 1.82) is 0 Å². The summed E-state index contributed by atoms with van der Waals surface area (Å²) >= 11 is 0. The molecule has 3 aromatic rings. The molecule has 5 nitrogen and oxygen atoms in total. The topological polar surface area (TPSA) is 47.4 Å². The summed E-state index contributed by atoms with van der Waals surface area (Å²) in [5, 5.41) is 4.52. The Hall–Kier alpha value is -3.15. The van der Waals surface area contributed by atoms with Crippen LogP contribution in [0.1, 0.15) is 28.7 Å². The van der Waals surface area contributed by atoms with Crippen LogP contribution in [0, 0.1) is 12.7 Å². The number of nitrogens with zero attached hydrogens (tertiary/aromatic N) is 3. The molecule has 0 saturated heterocycles. The third-order valence-corrected chi connectivity index (χ3v) is 4.63. The van der Waals surface area contributed by atoms with E-state index in [2.05, 4.69) is 5.10 Å². The molecule has 0 N–H and O–H groups in total. The number of hydrogen-bond acceptors (Lipinski definition) is 3. The molecule has 1 atom stereocenters. The molecule has 27 heavy (non-hydrogen) atoms. The number of aryl methyl sites for hydroxylation is 1. The maximum Gasteiger partial charge on any atom is 0.276 e. The second-order valence-corrected chi connectivity index (χ2v) is 6.81. The van der Waals surface area contributed by atoms with Crippen molar-refractivity contribution in [1.82, 2.24) is 9.78 Å². The SMILES string of the molecule is Cc1cccc(OCc2cc3n(n2)C[C@@H](C)N(c2ccc(F)cc2)C3=O)c1. The zero-order valence-corrected chi connectivity index (χ0v) is 15.2. The molecule has 0 spiro atoms. The average Bonchev–Trinajstić information content (AvgIpc) is 3.05. The van der Waals surface area contributed by atoms with Crippen molar-refractivity contribution in [2.75, 3.05) is 4.90 Å². The molecular weight excluding hydrogens is 345 g/mol. The molecule has 0 aliphatic carbocycles. The lowest BCUT2D eigenvalue weighted by Gasteiger charge is -2.33. The lowest BCUT2D eigenvalue weighted by molar-refractivity contribution is 0.0947. The third-order valence-electron chi connectivity index (χ3n) is 4.63. The minimum atomic E-state index is -0.323. The minimum absolute atomic E-state index is 0.0825. The van der Waals surface area contributed by atoms with Crippen molar-refractivity contribution in [3.8, 4) is 5.75 Å². The fourth-order valence-corrected chi connectivity index (χ4v) is 3.34. The lowest BCUT2D eigenvalue weighted by Crippen LogP contribution is -2.46. The van der Waals surface area contributed by atoms with Crippen LogP contribution in [0.25, 0.3) is 0 Å². The van der Waals surface area contributed by atoms with Gasteiger partial charge in [-0.15, -0.1) is 0 Å². The fraction of sp³-hybridized carbons (Fsp3) is 0.238. The van der Waals surface area contributed by atoms with E-state index >= 15 is 0 Å². The average molecular weight is 365 g/mol. The zero-order chi connectivity index (χ0) is 19.0. The van der Waals surface area contributed by atoms with Crippen LogP contribution in [0.5, 0.6) is 5.75 Å². The third kappa shape index (κ3) is 3.43. The predicted octanol–water partition coefficient (Wildman–Crippen LogP) is 3.96. The van der Waals surface area contributed by atoms with E-state index in [1.54, 1.807) is 27.8 Å². The molecule has 1 amide bonds. The number of anilines is 1. The Bertz CT molecular complexity index is 981. The summed E-state index contributed by atoms with van der Waals surface area (Å²) in [7, 11) is 0. The number of halogens is 1. The van der Waals surface area contributed by atoms with Crippen molar-refractivity contribution in [2.24, 2.45) is 0 Å². The van der Waals surface area contributed by atoms with Crippen LogP contribution in [-0.2, 0) is 13.2 Å². The summed E-state index contributed by atoms with van der Waals surface area (Å²) < 4.78 is 20.7. The number of rotatable bonds is 4. The van der Waals surface area contributed by atoms with Gasteiger partial charge in [0.1, 0.15) is 29.6 Å². The van der Waals surface area contributed by atoms with Crippen molar-refractivity contribution < 1.29 is 13.9 Å². The number of benzene rings is 2. The highest BCUT2D eigenvalue weighted by molar-refractivity contribution is 6.06. The first-order valence-corrected chi connectivity index (χ1v) is 8.86. The molecule has 2 heterocycles. The van der Waals surface area contributed by atoms with Crippen molar-refractivity contribution >= 4 is 11.6 Å². The zero-order valence-electron chi connectivity index (χ0n) is 15.2. The fourth-order valence-electron chi connectivity index (χ4n) is 3.34. The van der Waals surface area contributed by atoms with Gasteiger partial charge in [0.2, 0.25) is 0 Å². The van der Waals surface area contributed by atoms with Gasteiger partial charge in [-0.05, 0) is 61.9 Å². The summed E-state index contributed by atoms with van der Waals surface area (Å²) in [5.41, 5.74) is 3.02. The van der Waals surface area contributed by atoms with Gasteiger partial charge in [-0.1, -0.05) is 12.1 Å². The largest absolute Gasteiger partial charge is 0.487 e. The first-order chi connectivity index (χ1) is 13.0. The number of carbonyl (C=O) groups excluding carboxylic acids is 1. The lowest BCUT2D eigenvalue weighted by atomic mass is 10.1. The first kappa shape index (κ1) is 17.3. The smallest absolute Gasteiger partial charge is 0.276 e. The van der Waals surface area contributed by atoms with Gasteiger partial charge in [0.05, 0.1) is 12.6 Å². The Kier molecular flexibility index (Phi) is 4.39. The van der Waals surface area contributed by atoms with Gasteiger partial charge in [-0.2, -0.15) is 5.10 Å². The summed E-state index contributed by atoms with van der Waals surface area (Å²) in [5.74, 6) is 0.305. The van der Waals surface area contributed by atoms with Crippen molar-refractivity contribution in [3.05, 3.63) is 77.4 Å². The van der Waals surface area contributed by atoms with Gasteiger partial charge in [-0.3, -0.25) is 9.48 Å². The standard InChI is InChI=1S/C21H20FN3O2/c1-14-4-3-5-19(10-14)27-13-17-11-20-21(26)25(15(2)12-24(20)23-17)18-8-6-16(22)7-9-18/h3-11,15H,12-13H2,1-2H3/t15-/m1/s1. The number of fused-ring (bicyclic) bond motifs is 1. The molecular formula is C21H20FN3O2. The van der Waals surface area contributed by atoms with Crippen molar-refractivity contribution in [3.63, 3.8) is 0 Å². The Morgan fingerprint density at radius 2 is 1.96 bits per heavy atom. The molecule has 0 bridgehead atoms. The molecule has 0 fully saturated rings. The minimum Gasteiger partial charge on any atom is -0.487 e. The monoisotopic (exact) mass is 365 g/mol. The molecule has 6 heteroatoms. The van der Waals surface area contributed by atoms with Gasteiger partial charge in [0, 0.05) is 5.69 Å². The number of amides is 1. The Morgan fingerprint density at radius 1 is 1.19 bits per heavy atom. The quantitative estimate of drug-likeness (QED) is 0.703. The van der Waals surface area contributed by atoms with Gasteiger partial charge in [0.15, 0.2) is 0 Å². The van der Waals surface area contributed by atoms with Crippen LogP contribution >= 0.6 is 0 Å². The number of hydrogen-bond donors (Lipinski definition) is 0. The molecule has 2 aromatic carbocycles. The first-order valence-electron chi connectivity index (χ1n) is 8.86. The highest BCUT2D eigenvalue weighted by atomic mass is 19.1. The summed E-state index contributed by atoms with van der Waals surface area (Å²) in [6, 6.07) is 15.5. The Morgan fingerprint density at radius 3 is 2.70 bits per heavy atom. The second-order valence-electron chi connectivity index (χ2n) is 6.81. The van der Waals surface area contributed by atoms with E-state index in [0.29, 0.717) is 30.2 Å². The van der Waals surface area contributed by atoms with Crippen LogP contribution in [0.3, 0.4) is 0 Å². The molecule has 0 radical (unpaired) electrons. The van der Waals surface area contributed by atoms with E-state index in [1.165, 1.54) is 12.1 Å². The van der Waals surface area contributed by atoms with E-state index in [-0.39, 0.29) is 17.8 Å². The highest BCUT2D eigenvalue weighted by Crippen LogP contribution is 2.26. The van der Waals surface area contributed by atoms with Crippen molar-refractivity contribution in [2.45, 2.75) is 33.0 Å². The van der Waals surface area contributed by atoms with Crippen LogP contribution in [0.2, 0.25) is 0 Å². The molecule has 4 rings (SSSR count). The molecule has 1 aliphatic heterocycles. The predicted molar refractivity (Wildman–Crippen MR) is 100 cm³/mol. The van der Waals surface area contributed by atoms with Crippen LogP contribution in [0.15, 0.2) is 54.6 Å². The van der Waals surface area contributed by atoms with Crippen LogP contribution in [0.4, 0.5) is 10.1 Å². The van der Waals surface area contributed by atoms with E-state index in [1.807, 2.05) is 38.1 Å². The number of aromatic nitrogens is 2. The van der Waals surface area contributed by atoms with Gasteiger partial charge in [0.25, 0.3) is 5.91 Å². The summed E-state index contributed by atoms with van der Waals surface area (Å²) in [6.45, 7) is 4.83. The van der Waals surface area contributed by atoms with Gasteiger partial charge in [-0.25, -0.2) is 4.39 Å². The summed E-state index contributed by atoms with van der Waals surface area (Å²) in [4.78, 5) is 14.7. The van der Waals surface area contributed by atoms with E-state index in [0.717, 1.165) is 11.3 Å². The van der Waals surface area contributed by atoms with E-state index in [4.69, 9.17) is 4.74 Å². The van der Waals surface area contributed by atoms with Crippen LogP contribution in [-0.4, -0.2) is 21.7 Å². The Labute approximate surface area is 157 Å². The second kappa shape index (κ2) is 6.87. The molecule has 138 valence electrons. The maximum absolute atomic E-state index is 13.2. The Balaban J connectivity index is 1.55. The molecule has 1 aromatic heterocycles. The number of ether oxygens (including phenoxy) is 1. The number of carbonyl (C=O) groups is 1. The van der Waals surface area contributed by atoms with Crippen LogP contribution < -0.4 is 9.64 Å². The highest BCUT2D eigenvalue weighted by Gasteiger charge is 2.32. The normalized spacial score (nSPS) is 16.3. The van der Waals surface area contributed by atoms with Gasteiger partial charge >= 0.3 is 0 Å². The molecule has 0 saturated carbocycles. The van der Waals surface area contributed by atoms with Gasteiger partial charge < -0.3 is 9.64 Å². The van der Waals surface area contributed by atoms with E-state index < -0.39 is 0 Å². The molecule has 0 unspecified atom stereocenters. The summed E-state index contributed by atoms with van der Waals surface area (Å²) in [6.07, 6.45) is 0. The van der Waals surface area contributed by atoms with E-state index in [9.17, 15) is 9.18 Å². The maximum atomic E-state index is 13.2. The molecule has 1 aliphatic rings.